The molecule has 1 heterocycles. The normalized spacial score (nSPS) is 23.5. The summed E-state index contributed by atoms with van der Waals surface area (Å²) in [5.74, 6) is -0.168. The van der Waals surface area contributed by atoms with Gasteiger partial charge in [0.1, 0.15) is 0 Å². The van der Waals surface area contributed by atoms with E-state index in [1.807, 2.05) is 37.3 Å². The van der Waals surface area contributed by atoms with E-state index in [9.17, 15) is 4.79 Å². The molecule has 0 amide bonds. The molecule has 15 heavy (non-hydrogen) atoms. The van der Waals surface area contributed by atoms with Gasteiger partial charge >= 0.3 is 5.97 Å². The lowest BCUT2D eigenvalue weighted by Crippen LogP contribution is -2.26. The first-order chi connectivity index (χ1) is 7.27. The fraction of sp³-hybridized carbons (Fsp3) is 0.364. The molecule has 1 aliphatic rings. The second-order valence-corrected chi connectivity index (χ2v) is 4.69. The molecule has 0 spiro atoms. The van der Waals surface area contributed by atoms with Crippen LogP contribution < -0.4 is 5.32 Å². The van der Waals surface area contributed by atoms with Crippen LogP contribution in [0.1, 0.15) is 6.92 Å². The lowest BCUT2D eigenvalue weighted by Gasteiger charge is -2.11. The highest BCUT2D eigenvalue weighted by atomic mass is 32.2. The van der Waals surface area contributed by atoms with Crippen molar-refractivity contribution in [1.82, 2.24) is 5.32 Å². The Morgan fingerprint density at radius 2 is 2.20 bits per heavy atom. The minimum atomic E-state index is -0.530. The molecule has 1 aromatic carbocycles. The van der Waals surface area contributed by atoms with Crippen LogP contribution >= 0.6 is 11.8 Å². The number of nitrogens with one attached hydrogen (secondary N) is 1. The molecule has 3 nitrogen and oxygen atoms in total. The number of rotatable bonds is 4. The predicted molar refractivity (Wildman–Crippen MR) is 59.7 cm³/mol. The zero-order chi connectivity index (χ0) is 10.7. The van der Waals surface area contributed by atoms with Gasteiger partial charge in [0.05, 0.1) is 6.61 Å². The third-order valence-corrected chi connectivity index (χ3v) is 3.45. The quantitative estimate of drug-likeness (QED) is 0.622. The smallest absolute Gasteiger partial charge is 0.338 e. The van der Waals surface area contributed by atoms with E-state index >= 15 is 0 Å². The molecular formula is C11H13NO2S. The maximum Gasteiger partial charge on any atom is 0.338 e. The number of thioether (sulfide) groups is 1. The van der Waals surface area contributed by atoms with Gasteiger partial charge in [-0.3, -0.25) is 5.32 Å². The molecule has 1 fully saturated rings. The highest BCUT2D eigenvalue weighted by Crippen LogP contribution is 2.38. The molecular weight excluding hydrogens is 210 g/mol. The first kappa shape index (κ1) is 10.5. The van der Waals surface area contributed by atoms with Crippen LogP contribution in [0.4, 0.5) is 0 Å². The summed E-state index contributed by atoms with van der Waals surface area (Å²) < 4.78 is 5.02. The minimum absolute atomic E-state index is 0.168. The lowest BCUT2D eigenvalue weighted by molar-refractivity contribution is -0.143. The van der Waals surface area contributed by atoms with Crippen molar-refractivity contribution in [2.75, 3.05) is 13.2 Å². The van der Waals surface area contributed by atoms with Gasteiger partial charge in [-0.25, -0.2) is 4.79 Å². The van der Waals surface area contributed by atoms with Crippen molar-refractivity contribution in [3.63, 3.8) is 0 Å². The third kappa shape index (κ3) is 2.33. The average molecular weight is 223 g/mol. The Morgan fingerprint density at radius 1 is 1.53 bits per heavy atom. The zero-order valence-corrected chi connectivity index (χ0v) is 9.34. The van der Waals surface area contributed by atoms with Gasteiger partial charge in [-0.05, 0) is 19.1 Å². The van der Waals surface area contributed by atoms with Crippen LogP contribution in [0.25, 0.3) is 0 Å². The van der Waals surface area contributed by atoms with Crippen LogP contribution in [0, 0.1) is 0 Å². The number of benzene rings is 1. The van der Waals surface area contributed by atoms with Crippen molar-refractivity contribution >= 4 is 17.7 Å². The number of hydrogen-bond donors (Lipinski definition) is 1. The monoisotopic (exact) mass is 223 g/mol. The molecule has 0 radical (unpaired) electrons. The number of carbonyl (C=O) groups is 1. The largest absolute Gasteiger partial charge is 0.464 e. The van der Waals surface area contributed by atoms with Gasteiger partial charge in [0, 0.05) is 11.4 Å². The van der Waals surface area contributed by atoms with Gasteiger partial charge in [0.25, 0.3) is 0 Å². The van der Waals surface area contributed by atoms with Crippen molar-refractivity contribution in [3.8, 4) is 0 Å². The molecule has 2 rings (SSSR count). The van der Waals surface area contributed by atoms with Crippen LogP contribution in [-0.2, 0) is 9.53 Å². The molecule has 1 aromatic rings. The number of esters is 1. The molecule has 1 N–H and O–H groups in total. The molecule has 1 atom stereocenters. The fourth-order valence-corrected chi connectivity index (χ4v) is 2.33. The summed E-state index contributed by atoms with van der Waals surface area (Å²) in [6, 6.07) is 9.87. The Bertz CT molecular complexity index is 349. The van der Waals surface area contributed by atoms with E-state index in [4.69, 9.17) is 4.74 Å². The Morgan fingerprint density at radius 3 is 2.73 bits per heavy atom. The summed E-state index contributed by atoms with van der Waals surface area (Å²) in [5.41, 5.74) is 0. The summed E-state index contributed by atoms with van der Waals surface area (Å²) in [7, 11) is 0. The molecule has 0 aromatic heterocycles. The second-order valence-electron chi connectivity index (χ2n) is 3.32. The van der Waals surface area contributed by atoms with E-state index < -0.39 is 4.87 Å². The van der Waals surface area contributed by atoms with Crippen molar-refractivity contribution in [3.05, 3.63) is 30.3 Å². The molecule has 0 bridgehead atoms. The molecule has 4 heteroatoms. The first-order valence-electron chi connectivity index (χ1n) is 4.93. The molecule has 0 unspecified atom stereocenters. The lowest BCUT2D eigenvalue weighted by atomic mass is 10.4. The molecule has 1 aliphatic heterocycles. The van der Waals surface area contributed by atoms with Gasteiger partial charge in [0.2, 0.25) is 0 Å². The number of carbonyl (C=O) groups excluding carboxylic acids is 1. The topological polar surface area (TPSA) is 48.2 Å². The SMILES string of the molecule is CCOC(=O)[C@@]1(Sc2ccccc2)CN1. The maximum atomic E-state index is 11.6. The van der Waals surface area contributed by atoms with Gasteiger partial charge in [-0.15, -0.1) is 0 Å². The summed E-state index contributed by atoms with van der Waals surface area (Å²) in [5, 5.41) is 3.07. The van der Waals surface area contributed by atoms with E-state index in [2.05, 4.69) is 5.32 Å². The van der Waals surface area contributed by atoms with Crippen molar-refractivity contribution in [2.24, 2.45) is 0 Å². The Balaban J connectivity index is 2.03. The standard InChI is InChI=1S/C11H13NO2S/c1-2-14-10(13)11(8-12-11)15-9-6-4-3-5-7-9/h3-7,12H,2,8H2,1H3/t11-/m0/s1. The average Bonchev–Trinajstić information content (AvgIpc) is 3.01. The first-order valence-corrected chi connectivity index (χ1v) is 5.75. The maximum absolute atomic E-state index is 11.6. The van der Waals surface area contributed by atoms with Crippen LogP contribution in [0.5, 0.6) is 0 Å². The van der Waals surface area contributed by atoms with E-state index in [1.165, 1.54) is 11.8 Å². The van der Waals surface area contributed by atoms with Gasteiger partial charge in [0.15, 0.2) is 4.87 Å². The minimum Gasteiger partial charge on any atom is -0.464 e. The van der Waals surface area contributed by atoms with Crippen LogP contribution in [0.15, 0.2) is 35.2 Å². The van der Waals surface area contributed by atoms with E-state index in [0.29, 0.717) is 13.2 Å². The van der Waals surface area contributed by atoms with E-state index in [0.717, 1.165) is 4.90 Å². The predicted octanol–water partition coefficient (Wildman–Crippen LogP) is 1.64. The third-order valence-electron chi connectivity index (χ3n) is 2.14. The van der Waals surface area contributed by atoms with Crippen LogP contribution in [0.2, 0.25) is 0 Å². The Kier molecular flexibility index (Phi) is 2.98. The van der Waals surface area contributed by atoms with E-state index in [1.54, 1.807) is 0 Å². The van der Waals surface area contributed by atoms with Crippen molar-refractivity contribution in [2.45, 2.75) is 16.7 Å². The highest BCUT2D eigenvalue weighted by Gasteiger charge is 2.52. The Hall–Kier alpha value is -1.00. The van der Waals surface area contributed by atoms with Crippen LogP contribution in [0.3, 0.4) is 0 Å². The summed E-state index contributed by atoms with van der Waals surface area (Å²) >= 11 is 1.52. The highest BCUT2D eigenvalue weighted by molar-refractivity contribution is 8.01. The summed E-state index contributed by atoms with van der Waals surface area (Å²) in [6.45, 7) is 2.93. The van der Waals surface area contributed by atoms with Crippen LogP contribution in [-0.4, -0.2) is 24.0 Å². The molecule has 0 saturated carbocycles. The zero-order valence-electron chi connectivity index (χ0n) is 8.53. The fourth-order valence-electron chi connectivity index (χ4n) is 1.28. The van der Waals surface area contributed by atoms with E-state index in [-0.39, 0.29) is 5.97 Å². The van der Waals surface area contributed by atoms with Gasteiger partial charge in [-0.2, -0.15) is 0 Å². The number of hydrogen-bond acceptors (Lipinski definition) is 4. The molecule has 1 saturated heterocycles. The van der Waals surface area contributed by atoms with Crippen molar-refractivity contribution in [1.29, 1.82) is 0 Å². The van der Waals surface area contributed by atoms with Gasteiger partial charge < -0.3 is 4.74 Å². The Labute approximate surface area is 93.2 Å². The van der Waals surface area contributed by atoms with Crippen molar-refractivity contribution < 1.29 is 9.53 Å². The number of ether oxygens (including phenoxy) is 1. The molecule has 0 aliphatic carbocycles. The molecule has 80 valence electrons. The summed E-state index contributed by atoms with van der Waals surface area (Å²) in [4.78, 5) is 12.2. The summed E-state index contributed by atoms with van der Waals surface area (Å²) in [6.07, 6.45) is 0. The van der Waals surface area contributed by atoms with Gasteiger partial charge in [-0.1, -0.05) is 30.0 Å². The second kappa shape index (κ2) is 4.24.